The van der Waals surface area contributed by atoms with Crippen molar-refractivity contribution in [1.29, 1.82) is 0 Å². The van der Waals surface area contributed by atoms with Gasteiger partial charge in [0.1, 0.15) is 23.4 Å². The fourth-order valence-corrected chi connectivity index (χ4v) is 2.63. The highest BCUT2D eigenvalue weighted by Crippen LogP contribution is 2.23. The smallest absolute Gasteiger partial charge is 0.282 e. The SMILES string of the molecule is O=C(NCCOc1cccc2cccnc12)c1cc(Cl)ccc1[N+](=O)[O-]. The maximum absolute atomic E-state index is 12.2. The molecule has 7 nitrogen and oxygen atoms in total. The van der Waals surface area contributed by atoms with E-state index in [9.17, 15) is 14.9 Å². The van der Waals surface area contributed by atoms with E-state index in [2.05, 4.69) is 10.3 Å². The standard InChI is InChI=1S/C18H14ClN3O4/c19-13-6-7-15(22(24)25)14(11-13)18(23)21-9-10-26-16-5-1-3-12-4-2-8-20-17(12)16/h1-8,11H,9-10H2,(H,21,23). The van der Waals surface area contributed by atoms with Gasteiger partial charge < -0.3 is 10.1 Å². The van der Waals surface area contributed by atoms with Crippen LogP contribution in [0.1, 0.15) is 10.4 Å². The lowest BCUT2D eigenvalue weighted by Crippen LogP contribution is -2.28. The van der Waals surface area contributed by atoms with Crippen molar-refractivity contribution < 1.29 is 14.5 Å². The number of rotatable bonds is 6. The predicted octanol–water partition coefficient (Wildman–Crippen LogP) is 3.61. The van der Waals surface area contributed by atoms with E-state index in [1.165, 1.54) is 18.2 Å². The van der Waals surface area contributed by atoms with Crippen LogP contribution in [0, 0.1) is 10.1 Å². The monoisotopic (exact) mass is 371 g/mol. The van der Waals surface area contributed by atoms with Crippen molar-refractivity contribution in [1.82, 2.24) is 10.3 Å². The molecule has 1 heterocycles. The molecule has 3 aromatic rings. The van der Waals surface area contributed by atoms with Crippen LogP contribution in [0.2, 0.25) is 5.02 Å². The number of pyridine rings is 1. The van der Waals surface area contributed by atoms with Gasteiger partial charge in [0.25, 0.3) is 11.6 Å². The number of benzene rings is 2. The molecule has 0 radical (unpaired) electrons. The van der Waals surface area contributed by atoms with Gasteiger partial charge in [-0.05, 0) is 24.3 Å². The fourth-order valence-electron chi connectivity index (χ4n) is 2.46. The second-order valence-electron chi connectivity index (χ2n) is 5.35. The van der Waals surface area contributed by atoms with Crippen LogP contribution in [0.25, 0.3) is 10.9 Å². The van der Waals surface area contributed by atoms with E-state index < -0.39 is 10.8 Å². The molecule has 3 rings (SSSR count). The Hall–Kier alpha value is -3.19. The minimum atomic E-state index is -0.622. The van der Waals surface area contributed by atoms with E-state index in [4.69, 9.17) is 16.3 Å². The number of carbonyl (C=O) groups is 1. The molecule has 0 spiro atoms. The van der Waals surface area contributed by atoms with Crippen molar-refractivity contribution >= 4 is 34.1 Å². The molecular formula is C18H14ClN3O4. The van der Waals surface area contributed by atoms with E-state index in [1.807, 2.05) is 24.3 Å². The highest BCUT2D eigenvalue weighted by molar-refractivity contribution is 6.31. The van der Waals surface area contributed by atoms with Gasteiger partial charge in [-0.25, -0.2) is 0 Å². The molecule has 132 valence electrons. The molecule has 0 fully saturated rings. The molecule has 0 bridgehead atoms. The number of ether oxygens (including phenoxy) is 1. The lowest BCUT2D eigenvalue weighted by molar-refractivity contribution is -0.385. The van der Waals surface area contributed by atoms with Crippen molar-refractivity contribution in [3.8, 4) is 5.75 Å². The maximum atomic E-state index is 12.2. The lowest BCUT2D eigenvalue weighted by Gasteiger charge is -2.10. The van der Waals surface area contributed by atoms with Crippen LogP contribution in [-0.4, -0.2) is 29.0 Å². The number of nitro groups is 1. The predicted molar refractivity (Wildman–Crippen MR) is 97.7 cm³/mol. The van der Waals surface area contributed by atoms with Crippen molar-refractivity contribution in [3.63, 3.8) is 0 Å². The summed E-state index contributed by atoms with van der Waals surface area (Å²) in [5.41, 5.74) is 0.340. The molecule has 0 aliphatic heterocycles. The molecule has 8 heteroatoms. The highest BCUT2D eigenvalue weighted by Gasteiger charge is 2.20. The molecule has 1 N–H and O–H groups in total. The zero-order chi connectivity index (χ0) is 18.5. The number of amides is 1. The van der Waals surface area contributed by atoms with Gasteiger partial charge in [-0.2, -0.15) is 0 Å². The third-order valence-electron chi connectivity index (χ3n) is 3.64. The van der Waals surface area contributed by atoms with Gasteiger partial charge in [0.05, 0.1) is 11.5 Å². The van der Waals surface area contributed by atoms with E-state index in [1.54, 1.807) is 12.3 Å². The average Bonchev–Trinajstić information content (AvgIpc) is 2.64. The summed E-state index contributed by atoms with van der Waals surface area (Å²) in [6, 6.07) is 13.2. The van der Waals surface area contributed by atoms with E-state index >= 15 is 0 Å². The third-order valence-corrected chi connectivity index (χ3v) is 3.88. The molecule has 2 aromatic carbocycles. The number of nitrogens with zero attached hydrogens (tertiary/aromatic N) is 2. The normalized spacial score (nSPS) is 10.5. The number of nitrogens with one attached hydrogen (secondary N) is 1. The summed E-state index contributed by atoms with van der Waals surface area (Å²) in [5, 5.41) is 14.8. The van der Waals surface area contributed by atoms with E-state index in [0.717, 1.165) is 10.9 Å². The largest absolute Gasteiger partial charge is 0.489 e. The summed E-state index contributed by atoms with van der Waals surface area (Å²) in [5.74, 6) is 0.0185. The first-order valence-corrected chi connectivity index (χ1v) is 8.13. The average molecular weight is 372 g/mol. The molecule has 1 amide bonds. The topological polar surface area (TPSA) is 94.4 Å². The summed E-state index contributed by atoms with van der Waals surface area (Å²) in [7, 11) is 0. The van der Waals surface area contributed by atoms with Crippen LogP contribution in [-0.2, 0) is 0 Å². The number of para-hydroxylation sites is 1. The van der Waals surface area contributed by atoms with Crippen LogP contribution < -0.4 is 10.1 Å². The van der Waals surface area contributed by atoms with Gasteiger partial charge in [-0.15, -0.1) is 0 Å². The van der Waals surface area contributed by atoms with Gasteiger partial charge in [0.2, 0.25) is 0 Å². The summed E-state index contributed by atoms with van der Waals surface area (Å²) < 4.78 is 5.67. The van der Waals surface area contributed by atoms with Crippen molar-refractivity contribution in [2.24, 2.45) is 0 Å². The highest BCUT2D eigenvalue weighted by atomic mass is 35.5. The van der Waals surface area contributed by atoms with Crippen LogP contribution in [0.3, 0.4) is 0 Å². The summed E-state index contributed by atoms with van der Waals surface area (Å²) in [6.45, 7) is 0.363. The number of nitro benzene ring substituents is 1. The Bertz CT molecular complexity index is 972. The third kappa shape index (κ3) is 3.89. The second-order valence-corrected chi connectivity index (χ2v) is 5.79. The van der Waals surface area contributed by atoms with Crippen LogP contribution in [0.15, 0.2) is 54.7 Å². The van der Waals surface area contributed by atoms with Gasteiger partial charge in [0, 0.05) is 22.7 Å². The molecule has 0 saturated carbocycles. The number of hydrogen-bond acceptors (Lipinski definition) is 5. The zero-order valence-corrected chi connectivity index (χ0v) is 14.3. The number of aromatic nitrogens is 1. The molecule has 0 aliphatic carbocycles. The summed E-state index contributed by atoms with van der Waals surface area (Å²) >= 11 is 5.83. The van der Waals surface area contributed by atoms with Gasteiger partial charge in [0.15, 0.2) is 0 Å². The van der Waals surface area contributed by atoms with Gasteiger partial charge >= 0.3 is 0 Å². The van der Waals surface area contributed by atoms with Crippen molar-refractivity contribution in [2.45, 2.75) is 0 Å². The summed E-state index contributed by atoms with van der Waals surface area (Å²) in [6.07, 6.45) is 1.68. The molecule has 0 atom stereocenters. The molecular weight excluding hydrogens is 358 g/mol. The first kappa shape index (κ1) is 17.6. The fraction of sp³-hybridized carbons (Fsp3) is 0.111. The van der Waals surface area contributed by atoms with E-state index in [-0.39, 0.29) is 29.4 Å². The van der Waals surface area contributed by atoms with Crippen molar-refractivity contribution in [3.05, 3.63) is 75.4 Å². The lowest BCUT2D eigenvalue weighted by atomic mass is 10.1. The minimum absolute atomic E-state index is 0.0886. The quantitative estimate of drug-likeness (QED) is 0.406. The number of hydrogen-bond donors (Lipinski definition) is 1. The zero-order valence-electron chi connectivity index (χ0n) is 13.5. The van der Waals surface area contributed by atoms with Crippen molar-refractivity contribution in [2.75, 3.05) is 13.2 Å². The Labute approximate surface area is 153 Å². The Morgan fingerprint density at radius 1 is 1.23 bits per heavy atom. The second kappa shape index (κ2) is 7.79. The summed E-state index contributed by atoms with van der Waals surface area (Å²) in [4.78, 5) is 26.9. The van der Waals surface area contributed by atoms with Gasteiger partial charge in [-0.1, -0.05) is 29.8 Å². The molecule has 0 aliphatic rings. The Balaban J connectivity index is 1.63. The molecule has 1 aromatic heterocycles. The molecule has 0 saturated heterocycles. The van der Waals surface area contributed by atoms with Gasteiger partial charge in [-0.3, -0.25) is 19.9 Å². The van der Waals surface area contributed by atoms with Crippen LogP contribution in [0.4, 0.5) is 5.69 Å². The maximum Gasteiger partial charge on any atom is 0.282 e. The first-order chi connectivity index (χ1) is 12.6. The number of carbonyl (C=O) groups excluding carboxylic acids is 1. The van der Waals surface area contributed by atoms with E-state index in [0.29, 0.717) is 5.75 Å². The molecule has 0 unspecified atom stereocenters. The first-order valence-electron chi connectivity index (χ1n) is 7.75. The Kier molecular flexibility index (Phi) is 5.28. The minimum Gasteiger partial charge on any atom is -0.489 e. The van der Waals surface area contributed by atoms with Crippen LogP contribution in [0.5, 0.6) is 5.75 Å². The molecule has 26 heavy (non-hydrogen) atoms. The Morgan fingerprint density at radius 2 is 2.04 bits per heavy atom. The Morgan fingerprint density at radius 3 is 2.85 bits per heavy atom. The number of halogens is 1. The number of fused-ring (bicyclic) bond motifs is 1. The van der Waals surface area contributed by atoms with Crippen LogP contribution >= 0.6 is 11.6 Å².